The molecule has 284 valence electrons. The summed E-state index contributed by atoms with van der Waals surface area (Å²) in [4.78, 5) is 22.6. The molecule has 1 aromatic carbocycles. The summed E-state index contributed by atoms with van der Waals surface area (Å²) in [6.45, 7) is 11.6. The molecule has 0 radical (unpaired) electrons. The molecule has 5 aromatic rings. The highest BCUT2D eigenvalue weighted by Gasteiger charge is 2.66. The van der Waals surface area contributed by atoms with Gasteiger partial charge in [0, 0.05) is 36.1 Å². The second kappa shape index (κ2) is 14.2. The van der Waals surface area contributed by atoms with Gasteiger partial charge < -0.3 is 25.6 Å². The summed E-state index contributed by atoms with van der Waals surface area (Å²) >= 11 is 1.54. The van der Waals surface area contributed by atoms with Crippen LogP contribution in [0.1, 0.15) is 86.2 Å². The van der Waals surface area contributed by atoms with Crippen molar-refractivity contribution in [1.82, 2.24) is 35.3 Å². The highest BCUT2D eigenvalue weighted by atomic mass is 32.1. The maximum Gasteiger partial charge on any atom is 0.231 e. The molecule has 12 nitrogen and oxygen atoms in total. The van der Waals surface area contributed by atoms with Crippen molar-refractivity contribution >= 4 is 38.3 Å². The van der Waals surface area contributed by atoms with Gasteiger partial charge in [-0.25, -0.2) is 4.98 Å². The molecule has 3 atom stereocenters. The van der Waals surface area contributed by atoms with Gasteiger partial charge in [-0.15, -0.1) is 10.2 Å². The van der Waals surface area contributed by atoms with Gasteiger partial charge in [0.1, 0.15) is 11.4 Å². The summed E-state index contributed by atoms with van der Waals surface area (Å²) in [7, 11) is 0. The lowest BCUT2D eigenvalue weighted by Gasteiger charge is -2.69. The SMILES string of the molecule is Cc1cc(C(=O)c2ccc(-c3cnn(CC45CC6(C)CC(C)(C4)CC(OCCNCCC(O)CO)(C6)C5)c3C)cn2)nnc1Nc1nc2ccccc2s1. The first-order valence-electron chi connectivity index (χ1n) is 19.0. The number of fused-ring (bicyclic) bond motifs is 1. The molecule has 4 bridgehead atoms. The number of hydrogen-bond acceptors (Lipinski definition) is 12. The van der Waals surface area contributed by atoms with E-state index < -0.39 is 6.10 Å². The molecule has 4 fully saturated rings. The number of rotatable bonds is 15. The number of nitrogens with one attached hydrogen (secondary N) is 2. The van der Waals surface area contributed by atoms with Crippen molar-refractivity contribution in [2.45, 2.75) is 90.9 Å². The zero-order valence-electron chi connectivity index (χ0n) is 31.6. The molecule has 4 aromatic heterocycles. The zero-order chi connectivity index (χ0) is 37.7. The summed E-state index contributed by atoms with van der Waals surface area (Å²) in [5.41, 5.74) is 5.67. The quantitative estimate of drug-likeness (QED) is 0.0692. The van der Waals surface area contributed by atoms with E-state index in [0.29, 0.717) is 31.1 Å². The third-order valence-electron chi connectivity index (χ3n) is 11.8. The third-order valence-corrected chi connectivity index (χ3v) is 12.8. The Balaban J connectivity index is 0.932. The van der Waals surface area contributed by atoms with Crippen molar-refractivity contribution in [3.63, 3.8) is 0 Å². The maximum atomic E-state index is 13.4. The van der Waals surface area contributed by atoms with Crippen LogP contribution in [0.4, 0.5) is 10.9 Å². The van der Waals surface area contributed by atoms with Crippen LogP contribution in [0, 0.1) is 30.1 Å². The van der Waals surface area contributed by atoms with Gasteiger partial charge in [0.05, 0.1) is 41.3 Å². The number of pyridine rings is 1. The van der Waals surface area contributed by atoms with Gasteiger partial charge in [-0.05, 0) is 111 Å². The van der Waals surface area contributed by atoms with Crippen LogP contribution in [-0.4, -0.2) is 84.0 Å². The van der Waals surface area contributed by atoms with Crippen molar-refractivity contribution in [1.29, 1.82) is 0 Å². The Morgan fingerprint density at radius 2 is 1.78 bits per heavy atom. The Morgan fingerprint density at radius 1 is 0.981 bits per heavy atom. The number of thiazole rings is 1. The molecular weight excluding hydrogens is 701 g/mol. The lowest BCUT2D eigenvalue weighted by molar-refractivity contribution is -0.247. The predicted molar refractivity (Wildman–Crippen MR) is 209 cm³/mol. The fourth-order valence-electron chi connectivity index (χ4n) is 10.7. The molecule has 0 saturated heterocycles. The van der Waals surface area contributed by atoms with Crippen molar-refractivity contribution in [2.24, 2.45) is 16.2 Å². The van der Waals surface area contributed by atoms with E-state index in [-0.39, 0.29) is 39.9 Å². The molecular formula is C41H50N8O4S. The second-order valence-corrected chi connectivity index (χ2v) is 18.1. The van der Waals surface area contributed by atoms with Crippen molar-refractivity contribution in [3.05, 3.63) is 77.5 Å². The highest BCUT2D eigenvalue weighted by molar-refractivity contribution is 7.22. The number of carbonyl (C=O) groups is 1. The molecule has 4 aliphatic carbocycles. The fourth-order valence-corrected chi connectivity index (χ4v) is 11.6. The minimum Gasteiger partial charge on any atom is -0.394 e. The van der Waals surface area contributed by atoms with E-state index in [0.717, 1.165) is 70.1 Å². The summed E-state index contributed by atoms with van der Waals surface area (Å²) in [5.74, 6) is 0.272. The number of nitrogens with zero attached hydrogens (tertiary/aromatic N) is 6. The van der Waals surface area contributed by atoms with Crippen LogP contribution in [0.2, 0.25) is 0 Å². The van der Waals surface area contributed by atoms with E-state index in [1.54, 1.807) is 18.3 Å². The number of benzene rings is 1. The summed E-state index contributed by atoms with van der Waals surface area (Å²) in [6.07, 6.45) is 10.3. The van der Waals surface area contributed by atoms with E-state index >= 15 is 0 Å². The first-order chi connectivity index (χ1) is 25.9. The number of para-hydroxylation sites is 1. The Hall–Kier alpha value is -4.14. The minimum atomic E-state index is -0.679. The molecule has 9 rings (SSSR count). The molecule has 4 N–H and O–H groups in total. The molecule has 4 heterocycles. The first kappa shape index (κ1) is 36.8. The monoisotopic (exact) mass is 750 g/mol. The number of ether oxygens (including phenoxy) is 1. The fraction of sp³-hybridized carbons (Fsp3) is 0.512. The average molecular weight is 751 g/mol. The van der Waals surface area contributed by atoms with Crippen LogP contribution >= 0.6 is 11.3 Å². The summed E-state index contributed by atoms with van der Waals surface area (Å²) in [5, 5.41) is 39.5. The Morgan fingerprint density at radius 3 is 2.50 bits per heavy atom. The van der Waals surface area contributed by atoms with Gasteiger partial charge >= 0.3 is 0 Å². The van der Waals surface area contributed by atoms with Crippen LogP contribution in [0.25, 0.3) is 21.3 Å². The van der Waals surface area contributed by atoms with E-state index in [4.69, 9.17) is 14.9 Å². The van der Waals surface area contributed by atoms with Gasteiger partial charge in [-0.3, -0.25) is 14.5 Å². The number of ketones is 1. The zero-order valence-corrected chi connectivity index (χ0v) is 32.4. The van der Waals surface area contributed by atoms with Gasteiger partial charge in [-0.1, -0.05) is 43.4 Å². The molecule has 54 heavy (non-hydrogen) atoms. The molecule has 3 unspecified atom stereocenters. The second-order valence-electron chi connectivity index (χ2n) is 17.0. The van der Waals surface area contributed by atoms with Crippen molar-refractivity contribution in [2.75, 3.05) is 31.6 Å². The number of anilines is 2. The van der Waals surface area contributed by atoms with Crippen LogP contribution in [0.5, 0.6) is 0 Å². The Kier molecular flexibility index (Phi) is 9.66. The number of aliphatic hydroxyl groups excluding tert-OH is 2. The van der Waals surface area contributed by atoms with Crippen LogP contribution in [0.3, 0.4) is 0 Å². The normalized spacial score (nSPS) is 26.4. The lowest BCUT2D eigenvalue weighted by atomic mass is 9.39. The maximum absolute atomic E-state index is 13.4. The molecule has 0 amide bonds. The van der Waals surface area contributed by atoms with Crippen molar-refractivity contribution < 1.29 is 19.7 Å². The topological polar surface area (TPSA) is 160 Å². The summed E-state index contributed by atoms with van der Waals surface area (Å²) in [6, 6.07) is 13.4. The van der Waals surface area contributed by atoms with Crippen LogP contribution in [0.15, 0.2) is 54.9 Å². The summed E-state index contributed by atoms with van der Waals surface area (Å²) < 4.78 is 10.1. The minimum absolute atomic E-state index is 0.0954. The predicted octanol–water partition coefficient (Wildman–Crippen LogP) is 6.40. The molecule has 4 aliphatic rings. The van der Waals surface area contributed by atoms with Gasteiger partial charge in [0.2, 0.25) is 5.78 Å². The van der Waals surface area contributed by atoms with E-state index in [1.165, 1.54) is 30.6 Å². The molecule has 4 saturated carbocycles. The smallest absolute Gasteiger partial charge is 0.231 e. The highest BCUT2D eigenvalue weighted by Crippen LogP contribution is 2.72. The molecule has 0 aliphatic heterocycles. The molecule has 0 spiro atoms. The molecule has 13 heteroatoms. The largest absolute Gasteiger partial charge is 0.394 e. The Labute approximate surface area is 319 Å². The number of hydrogen-bond donors (Lipinski definition) is 4. The first-order valence-corrected chi connectivity index (χ1v) is 19.8. The number of aryl methyl sites for hydroxylation is 1. The standard InChI is InChI=1S/C41H50N8O4S/c1-26-15-33(47-48-36(26)46-37-45-31-7-5-6-8-34(31)54-37)35(52)32-10-9-28(16-43-32)30-17-44-49(27(30)2)25-40-20-38(3)19-39(4,21-40)23-41(22-38,24-40)53-14-13-42-12-11-29(51)18-50/h5-10,15-17,29,42,50-51H,11-14,18-25H2,1-4H3,(H,45,46,48). The Bertz CT molecular complexity index is 2110. The van der Waals surface area contributed by atoms with E-state index in [2.05, 4.69) is 56.3 Å². The average Bonchev–Trinajstić information content (AvgIpc) is 3.70. The van der Waals surface area contributed by atoms with Crippen LogP contribution in [-0.2, 0) is 11.3 Å². The van der Waals surface area contributed by atoms with Gasteiger partial charge in [0.15, 0.2) is 10.9 Å². The van der Waals surface area contributed by atoms with Gasteiger partial charge in [0.25, 0.3) is 0 Å². The van der Waals surface area contributed by atoms with Crippen LogP contribution < -0.4 is 10.6 Å². The number of aliphatic hydroxyl groups is 2. The lowest BCUT2D eigenvalue weighted by Crippen LogP contribution is -2.64. The number of carbonyl (C=O) groups excluding carboxylic acids is 1. The van der Waals surface area contributed by atoms with E-state index in [9.17, 15) is 9.90 Å². The van der Waals surface area contributed by atoms with Crippen molar-refractivity contribution in [3.8, 4) is 11.1 Å². The van der Waals surface area contributed by atoms with E-state index in [1.807, 2.05) is 43.5 Å². The third kappa shape index (κ3) is 7.32. The number of aromatic nitrogens is 6. The van der Waals surface area contributed by atoms with Gasteiger partial charge in [-0.2, -0.15) is 5.10 Å².